The van der Waals surface area contributed by atoms with Gasteiger partial charge in [-0.3, -0.25) is 4.79 Å². The molecule has 84 valence electrons. The first-order valence-corrected chi connectivity index (χ1v) is 5.87. The third-order valence-corrected chi connectivity index (χ3v) is 3.27. The third kappa shape index (κ3) is 3.54. The average molecular weight is 208 g/mol. The number of hydrogen-bond acceptors (Lipinski definition) is 2. The van der Waals surface area contributed by atoms with Gasteiger partial charge in [-0.25, -0.2) is 0 Å². The van der Waals surface area contributed by atoms with Crippen LogP contribution in [0.15, 0.2) is 0 Å². The number of nitrogens with zero attached hydrogens (tertiary/aromatic N) is 1. The molecule has 1 saturated carbocycles. The number of nitrogens with one attached hydrogen (secondary N) is 1. The molecule has 1 aliphatic carbocycles. The van der Waals surface area contributed by atoms with E-state index in [9.17, 15) is 4.79 Å². The van der Waals surface area contributed by atoms with Crippen molar-refractivity contribution in [1.29, 1.82) is 5.26 Å². The van der Waals surface area contributed by atoms with E-state index in [4.69, 9.17) is 5.26 Å². The predicted octanol–water partition coefficient (Wildman–Crippen LogP) is 2.23. The number of carbonyl (C=O) groups excluding carboxylic acids is 1. The molecule has 0 aliphatic heterocycles. The highest BCUT2D eigenvalue weighted by atomic mass is 16.1. The molecule has 15 heavy (non-hydrogen) atoms. The lowest BCUT2D eigenvalue weighted by Gasteiger charge is -2.25. The summed E-state index contributed by atoms with van der Waals surface area (Å²) >= 11 is 0. The number of carbonyl (C=O) groups is 1. The van der Waals surface area contributed by atoms with Crippen molar-refractivity contribution in [3.63, 3.8) is 0 Å². The summed E-state index contributed by atoms with van der Waals surface area (Å²) in [6.07, 6.45) is 4.93. The van der Waals surface area contributed by atoms with Gasteiger partial charge in [0.1, 0.15) is 6.04 Å². The van der Waals surface area contributed by atoms with Gasteiger partial charge >= 0.3 is 0 Å². The van der Waals surface area contributed by atoms with Crippen LogP contribution in [0.4, 0.5) is 0 Å². The van der Waals surface area contributed by atoms with E-state index in [0.717, 1.165) is 31.6 Å². The second kappa shape index (κ2) is 5.75. The summed E-state index contributed by atoms with van der Waals surface area (Å²) in [6.45, 7) is 4.15. The highest BCUT2D eigenvalue weighted by Gasteiger charge is 2.25. The predicted molar refractivity (Wildman–Crippen MR) is 59.0 cm³/mol. The van der Waals surface area contributed by atoms with Gasteiger partial charge < -0.3 is 5.32 Å². The van der Waals surface area contributed by atoms with Crippen molar-refractivity contribution in [3.8, 4) is 6.07 Å². The highest BCUT2D eigenvalue weighted by molar-refractivity contribution is 5.79. The van der Waals surface area contributed by atoms with Gasteiger partial charge in [0.2, 0.25) is 5.91 Å². The lowest BCUT2D eigenvalue weighted by atomic mass is 9.82. The molecule has 0 heterocycles. The second-order valence-electron chi connectivity index (χ2n) is 4.56. The fourth-order valence-corrected chi connectivity index (χ4v) is 2.04. The van der Waals surface area contributed by atoms with Crippen molar-refractivity contribution in [3.05, 3.63) is 0 Å². The van der Waals surface area contributed by atoms with Gasteiger partial charge in [-0.15, -0.1) is 0 Å². The van der Waals surface area contributed by atoms with Gasteiger partial charge in [0.15, 0.2) is 0 Å². The Labute approximate surface area is 91.9 Å². The van der Waals surface area contributed by atoms with E-state index in [1.54, 1.807) is 0 Å². The number of amides is 1. The van der Waals surface area contributed by atoms with E-state index >= 15 is 0 Å². The van der Waals surface area contributed by atoms with Crippen molar-refractivity contribution in [2.45, 2.75) is 52.0 Å². The molecule has 1 N–H and O–H groups in total. The van der Waals surface area contributed by atoms with Gasteiger partial charge in [-0.2, -0.15) is 5.26 Å². The first-order chi connectivity index (χ1) is 7.17. The standard InChI is InChI=1S/C12H20N2O/c1-3-11(8-13)14-12(15)10-6-4-9(2)5-7-10/h9-11H,3-7H2,1-2H3,(H,14,15). The molecule has 0 aromatic carbocycles. The molecule has 1 fully saturated rings. The molecule has 3 heteroatoms. The molecular formula is C12H20N2O. The van der Waals surface area contributed by atoms with E-state index in [1.165, 1.54) is 0 Å². The molecule has 1 aliphatic rings. The summed E-state index contributed by atoms with van der Waals surface area (Å²) in [5, 5.41) is 11.6. The summed E-state index contributed by atoms with van der Waals surface area (Å²) in [4.78, 5) is 11.8. The van der Waals surface area contributed by atoms with Gasteiger partial charge in [-0.1, -0.05) is 13.8 Å². The number of rotatable bonds is 3. The van der Waals surface area contributed by atoms with E-state index in [1.807, 2.05) is 6.92 Å². The molecule has 0 bridgehead atoms. The zero-order chi connectivity index (χ0) is 11.3. The van der Waals surface area contributed by atoms with Crippen LogP contribution in [0, 0.1) is 23.2 Å². The van der Waals surface area contributed by atoms with Crippen LogP contribution >= 0.6 is 0 Å². The van der Waals surface area contributed by atoms with Crippen LogP contribution in [0.25, 0.3) is 0 Å². The van der Waals surface area contributed by atoms with Crippen molar-refractivity contribution in [1.82, 2.24) is 5.32 Å². The quantitative estimate of drug-likeness (QED) is 0.773. The van der Waals surface area contributed by atoms with Crippen LogP contribution in [0.2, 0.25) is 0 Å². The molecule has 0 spiro atoms. The molecular weight excluding hydrogens is 188 g/mol. The topological polar surface area (TPSA) is 52.9 Å². The fraction of sp³-hybridized carbons (Fsp3) is 0.833. The number of nitriles is 1. The van der Waals surface area contributed by atoms with Crippen molar-refractivity contribution in [2.75, 3.05) is 0 Å². The minimum Gasteiger partial charge on any atom is -0.340 e. The smallest absolute Gasteiger partial charge is 0.224 e. The molecule has 0 saturated heterocycles. The summed E-state index contributed by atoms with van der Waals surface area (Å²) in [6, 6.07) is 1.79. The fourth-order valence-electron chi connectivity index (χ4n) is 2.04. The monoisotopic (exact) mass is 208 g/mol. The van der Waals surface area contributed by atoms with E-state index < -0.39 is 0 Å². The Morgan fingerprint density at radius 2 is 2.07 bits per heavy atom. The Morgan fingerprint density at radius 1 is 1.47 bits per heavy atom. The Bertz CT molecular complexity index is 249. The Hall–Kier alpha value is -1.04. The van der Waals surface area contributed by atoms with Crippen molar-refractivity contribution in [2.24, 2.45) is 11.8 Å². The zero-order valence-corrected chi connectivity index (χ0v) is 9.62. The maximum atomic E-state index is 11.8. The van der Waals surface area contributed by atoms with Crippen LogP contribution in [0.3, 0.4) is 0 Å². The molecule has 1 atom stereocenters. The molecule has 3 nitrogen and oxygen atoms in total. The summed E-state index contributed by atoms with van der Waals surface area (Å²) in [5.41, 5.74) is 0. The van der Waals surface area contributed by atoms with Crippen LogP contribution < -0.4 is 5.32 Å². The minimum atomic E-state index is -0.308. The first-order valence-electron chi connectivity index (χ1n) is 5.87. The maximum Gasteiger partial charge on any atom is 0.224 e. The van der Waals surface area contributed by atoms with E-state index in [2.05, 4.69) is 18.3 Å². The molecule has 1 unspecified atom stereocenters. The highest BCUT2D eigenvalue weighted by Crippen LogP contribution is 2.28. The first kappa shape index (κ1) is 12.0. The maximum absolute atomic E-state index is 11.8. The lowest BCUT2D eigenvalue weighted by Crippen LogP contribution is -2.38. The zero-order valence-electron chi connectivity index (χ0n) is 9.62. The van der Waals surface area contributed by atoms with Gasteiger partial charge in [0.25, 0.3) is 0 Å². The summed E-state index contributed by atoms with van der Waals surface area (Å²) in [5.74, 6) is 0.978. The minimum absolute atomic E-state index is 0.0790. The second-order valence-corrected chi connectivity index (χ2v) is 4.56. The number of hydrogen-bond donors (Lipinski definition) is 1. The SMILES string of the molecule is CCC(C#N)NC(=O)C1CCC(C)CC1. The van der Waals surface area contributed by atoms with Crippen LogP contribution in [-0.4, -0.2) is 11.9 Å². The Kier molecular flexibility index (Phi) is 4.61. The van der Waals surface area contributed by atoms with E-state index in [-0.39, 0.29) is 17.9 Å². The van der Waals surface area contributed by atoms with Gasteiger partial charge in [-0.05, 0) is 38.0 Å². The Morgan fingerprint density at radius 3 is 2.53 bits per heavy atom. The third-order valence-electron chi connectivity index (χ3n) is 3.27. The van der Waals surface area contributed by atoms with Crippen LogP contribution in [0.1, 0.15) is 46.0 Å². The summed E-state index contributed by atoms with van der Waals surface area (Å²) < 4.78 is 0. The van der Waals surface area contributed by atoms with Crippen LogP contribution in [0.5, 0.6) is 0 Å². The van der Waals surface area contributed by atoms with E-state index in [0.29, 0.717) is 6.42 Å². The molecule has 0 aromatic rings. The van der Waals surface area contributed by atoms with Crippen LogP contribution in [-0.2, 0) is 4.79 Å². The summed E-state index contributed by atoms with van der Waals surface area (Å²) in [7, 11) is 0. The lowest BCUT2D eigenvalue weighted by molar-refractivity contribution is -0.126. The molecule has 1 rings (SSSR count). The normalized spacial score (nSPS) is 27.8. The van der Waals surface area contributed by atoms with Gasteiger partial charge in [0, 0.05) is 5.92 Å². The largest absolute Gasteiger partial charge is 0.340 e. The molecule has 0 aromatic heterocycles. The average Bonchev–Trinajstić information content (AvgIpc) is 2.26. The molecule has 0 radical (unpaired) electrons. The Balaban J connectivity index is 2.37. The van der Waals surface area contributed by atoms with Crippen molar-refractivity contribution >= 4 is 5.91 Å². The van der Waals surface area contributed by atoms with Crippen molar-refractivity contribution < 1.29 is 4.79 Å². The van der Waals surface area contributed by atoms with Gasteiger partial charge in [0.05, 0.1) is 6.07 Å². The molecule has 1 amide bonds.